The molecule has 9 heteroatoms. The van der Waals surface area contributed by atoms with E-state index in [1.54, 1.807) is 38.1 Å². The van der Waals surface area contributed by atoms with Crippen LogP contribution in [0.1, 0.15) is 35.5 Å². The summed E-state index contributed by atoms with van der Waals surface area (Å²) in [5, 5.41) is 8.71. The van der Waals surface area contributed by atoms with E-state index in [9.17, 15) is 24.3 Å². The molecule has 1 aromatic carbocycles. The van der Waals surface area contributed by atoms with Gasteiger partial charge in [0.1, 0.15) is 17.6 Å². The number of ether oxygens (including phenoxy) is 1. The van der Waals surface area contributed by atoms with Crippen molar-refractivity contribution in [1.29, 1.82) is 0 Å². The maximum atomic E-state index is 12.6. The van der Waals surface area contributed by atoms with Gasteiger partial charge in [-0.25, -0.2) is 9.59 Å². The second-order valence-electron chi connectivity index (χ2n) is 6.47. The van der Waals surface area contributed by atoms with Crippen molar-refractivity contribution < 1.29 is 33.4 Å². The monoisotopic (exact) mass is 429 g/mol. The quantitative estimate of drug-likeness (QED) is 0.542. The van der Waals surface area contributed by atoms with Gasteiger partial charge < -0.3 is 14.3 Å². The number of hydrogen-bond donors (Lipinski definition) is 1. The van der Waals surface area contributed by atoms with E-state index in [0.717, 1.165) is 4.90 Å². The van der Waals surface area contributed by atoms with E-state index < -0.39 is 29.1 Å². The molecular weight excluding hydrogens is 410 g/mol. The van der Waals surface area contributed by atoms with E-state index in [-0.39, 0.29) is 17.1 Å². The molecule has 0 bridgehead atoms. The van der Waals surface area contributed by atoms with Crippen molar-refractivity contribution in [3.8, 4) is 11.3 Å². The summed E-state index contributed by atoms with van der Waals surface area (Å²) in [4.78, 5) is 49.1. The van der Waals surface area contributed by atoms with Gasteiger partial charge in [0.25, 0.3) is 11.1 Å². The molecule has 3 rings (SSSR count). The number of aromatic carboxylic acids is 1. The minimum absolute atomic E-state index is 0.119. The largest absolute Gasteiger partial charge is 0.478 e. The number of thioether (sulfide) groups is 1. The summed E-state index contributed by atoms with van der Waals surface area (Å²) in [5.41, 5.74) is 1.33. The lowest BCUT2D eigenvalue weighted by molar-refractivity contribution is -0.150. The molecule has 1 N–H and O–H groups in total. The van der Waals surface area contributed by atoms with Crippen LogP contribution in [0.4, 0.5) is 4.79 Å². The topological polar surface area (TPSA) is 114 Å². The summed E-state index contributed by atoms with van der Waals surface area (Å²) in [5.74, 6) is -1.55. The van der Waals surface area contributed by atoms with Crippen molar-refractivity contribution in [2.24, 2.45) is 0 Å². The van der Waals surface area contributed by atoms with Gasteiger partial charge in [-0.2, -0.15) is 0 Å². The lowest BCUT2D eigenvalue weighted by Gasteiger charge is -2.19. The molecule has 2 heterocycles. The molecule has 0 unspecified atom stereocenters. The highest BCUT2D eigenvalue weighted by atomic mass is 32.2. The molecule has 8 nitrogen and oxygen atoms in total. The normalized spacial score (nSPS) is 16.2. The van der Waals surface area contributed by atoms with Gasteiger partial charge in [0.2, 0.25) is 0 Å². The zero-order valence-corrected chi connectivity index (χ0v) is 17.3. The van der Waals surface area contributed by atoms with Gasteiger partial charge in [-0.3, -0.25) is 14.5 Å². The second kappa shape index (κ2) is 8.58. The molecule has 2 aromatic rings. The van der Waals surface area contributed by atoms with Gasteiger partial charge in [-0.15, -0.1) is 0 Å². The standard InChI is InChI=1S/C21H19NO7S/c1-4-28-20(26)12(3)22-18(23)17(30-21(22)27)10-13-8-9-16(29-13)14-6-5-7-15(11(14)2)19(24)25/h5-10,12H,4H2,1-3H3,(H,24,25)/b17-10+/t12-/m1/s1. The molecule has 0 spiro atoms. The maximum Gasteiger partial charge on any atom is 0.335 e. The van der Waals surface area contributed by atoms with Crippen molar-refractivity contribution in [2.45, 2.75) is 26.8 Å². The summed E-state index contributed by atoms with van der Waals surface area (Å²) in [7, 11) is 0. The van der Waals surface area contributed by atoms with Crippen molar-refractivity contribution >= 4 is 40.9 Å². The van der Waals surface area contributed by atoms with Gasteiger partial charge >= 0.3 is 11.9 Å². The number of furan rings is 1. The average molecular weight is 429 g/mol. The Morgan fingerprint density at radius 3 is 2.67 bits per heavy atom. The molecule has 1 saturated heterocycles. The fraction of sp³-hybridized carbons (Fsp3) is 0.238. The molecule has 1 aliphatic heterocycles. The minimum atomic E-state index is -1.04. The van der Waals surface area contributed by atoms with Crippen molar-refractivity contribution in [2.75, 3.05) is 6.61 Å². The highest BCUT2D eigenvalue weighted by molar-refractivity contribution is 8.18. The first kappa shape index (κ1) is 21.4. The molecular formula is C21H19NO7S. The molecule has 1 aromatic heterocycles. The Kier molecular flexibility index (Phi) is 6.12. The van der Waals surface area contributed by atoms with Crippen LogP contribution in [0.25, 0.3) is 17.4 Å². The fourth-order valence-corrected chi connectivity index (χ4v) is 3.91. The molecule has 0 aliphatic carbocycles. The third-order valence-electron chi connectivity index (χ3n) is 4.57. The van der Waals surface area contributed by atoms with Crippen LogP contribution in [0.2, 0.25) is 0 Å². The number of benzene rings is 1. The summed E-state index contributed by atoms with van der Waals surface area (Å²) in [6, 6.07) is 7.11. The fourth-order valence-electron chi connectivity index (χ4n) is 3.02. The Bertz CT molecular complexity index is 1070. The first-order valence-corrected chi connectivity index (χ1v) is 9.93. The van der Waals surface area contributed by atoms with E-state index >= 15 is 0 Å². The number of esters is 1. The number of carbonyl (C=O) groups is 4. The molecule has 30 heavy (non-hydrogen) atoms. The summed E-state index contributed by atoms with van der Waals surface area (Å²) < 4.78 is 10.6. The zero-order valence-electron chi connectivity index (χ0n) is 16.5. The highest BCUT2D eigenvalue weighted by Crippen LogP contribution is 2.35. The molecule has 1 atom stereocenters. The number of hydrogen-bond acceptors (Lipinski definition) is 7. The molecule has 1 aliphatic rings. The number of nitrogens with zero attached hydrogens (tertiary/aromatic N) is 1. The van der Waals surface area contributed by atoms with Crippen LogP contribution in [0.3, 0.4) is 0 Å². The van der Waals surface area contributed by atoms with Crippen LogP contribution in [0.15, 0.2) is 39.7 Å². The van der Waals surface area contributed by atoms with Crippen LogP contribution in [0.5, 0.6) is 0 Å². The third-order valence-corrected chi connectivity index (χ3v) is 5.45. The van der Waals surface area contributed by atoms with Gasteiger partial charge in [0.05, 0.1) is 17.1 Å². The second-order valence-corrected chi connectivity index (χ2v) is 7.46. The number of carboxylic acid groups (broad SMARTS) is 1. The summed E-state index contributed by atoms with van der Waals surface area (Å²) in [6.07, 6.45) is 1.42. The van der Waals surface area contributed by atoms with E-state index in [1.807, 2.05) is 0 Å². The van der Waals surface area contributed by atoms with Crippen LogP contribution in [0, 0.1) is 6.92 Å². The highest BCUT2D eigenvalue weighted by Gasteiger charge is 2.41. The number of imide groups is 1. The molecule has 0 radical (unpaired) electrons. The Labute approximate surface area is 176 Å². The maximum absolute atomic E-state index is 12.6. The number of carboxylic acids is 1. The van der Waals surface area contributed by atoms with Crippen LogP contribution in [-0.4, -0.2) is 45.7 Å². The van der Waals surface area contributed by atoms with Gasteiger partial charge in [-0.05, 0) is 56.3 Å². The van der Waals surface area contributed by atoms with Gasteiger partial charge in [0, 0.05) is 11.6 Å². The lowest BCUT2D eigenvalue weighted by Crippen LogP contribution is -2.42. The average Bonchev–Trinajstić information content (AvgIpc) is 3.26. The van der Waals surface area contributed by atoms with Crippen molar-refractivity contribution in [3.63, 3.8) is 0 Å². The smallest absolute Gasteiger partial charge is 0.335 e. The summed E-state index contributed by atoms with van der Waals surface area (Å²) in [6.45, 7) is 4.90. The van der Waals surface area contributed by atoms with E-state index in [4.69, 9.17) is 9.15 Å². The first-order chi connectivity index (χ1) is 14.2. The molecule has 156 valence electrons. The van der Waals surface area contributed by atoms with Gasteiger partial charge in [0.15, 0.2) is 0 Å². The minimum Gasteiger partial charge on any atom is -0.478 e. The van der Waals surface area contributed by atoms with Crippen LogP contribution in [-0.2, 0) is 14.3 Å². The molecule has 2 amide bonds. The Morgan fingerprint density at radius 1 is 1.27 bits per heavy atom. The van der Waals surface area contributed by atoms with Gasteiger partial charge in [-0.1, -0.05) is 12.1 Å². The van der Waals surface area contributed by atoms with E-state index in [1.165, 1.54) is 19.1 Å². The Hall–Kier alpha value is -3.33. The Balaban J connectivity index is 1.86. The van der Waals surface area contributed by atoms with Crippen LogP contribution < -0.4 is 0 Å². The lowest BCUT2D eigenvalue weighted by atomic mass is 10.0. The van der Waals surface area contributed by atoms with E-state index in [0.29, 0.717) is 34.4 Å². The number of carbonyl (C=O) groups excluding carboxylic acids is 3. The predicted molar refractivity (Wildman–Crippen MR) is 110 cm³/mol. The molecule has 0 saturated carbocycles. The summed E-state index contributed by atoms with van der Waals surface area (Å²) >= 11 is 0.708. The zero-order chi connectivity index (χ0) is 22.0. The number of rotatable bonds is 6. The van der Waals surface area contributed by atoms with Crippen LogP contribution >= 0.6 is 11.8 Å². The van der Waals surface area contributed by atoms with Crippen molar-refractivity contribution in [3.05, 3.63) is 52.1 Å². The first-order valence-electron chi connectivity index (χ1n) is 9.11. The van der Waals surface area contributed by atoms with Crippen molar-refractivity contribution in [1.82, 2.24) is 4.90 Å². The predicted octanol–water partition coefficient (Wildman–Crippen LogP) is 3.94. The third kappa shape index (κ3) is 4.02. The SMILES string of the molecule is CCOC(=O)[C@@H](C)N1C(=O)S/C(=C/c2ccc(-c3cccc(C(=O)O)c3C)o2)C1=O. The van der Waals surface area contributed by atoms with E-state index in [2.05, 4.69) is 0 Å². The number of amides is 2. The Morgan fingerprint density at radius 2 is 2.00 bits per heavy atom. The molecule has 1 fully saturated rings.